The summed E-state index contributed by atoms with van der Waals surface area (Å²) in [7, 11) is 1.69. The SMILES string of the molecule is CCn1c(C(C)N)cnc1Cc1ccccc1OC. The Balaban J connectivity index is 2.33. The van der Waals surface area contributed by atoms with Crippen LogP contribution in [0.4, 0.5) is 0 Å². The minimum absolute atomic E-state index is 0.00105. The summed E-state index contributed by atoms with van der Waals surface area (Å²) in [6.07, 6.45) is 2.63. The predicted octanol–water partition coefficient (Wildman–Crippen LogP) is 2.52. The molecule has 1 atom stereocenters. The molecule has 0 aliphatic rings. The lowest BCUT2D eigenvalue weighted by Gasteiger charge is -2.13. The Bertz CT molecular complexity index is 546. The van der Waals surface area contributed by atoms with Gasteiger partial charge in [-0.3, -0.25) is 0 Å². The first kappa shape index (κ1) is 13.6. The summed E-state index contributed by atoms with van der Waals surface area (Å²) < 4.78 is 7.56. The van der Waals surface area contributed by atoms with Crippen molar-refractivity contribution in [3.63, 3.8) is 0 Å². The van der Waals surface area contributed by atoms with Gasteiger partial charge in [0.1, 0.15) is 11.6 Å². The van der Waals surface area contributed by atoms with Crippen LogP contribution in [-0.2, 0) is 13.0 Å². The van der Waals surface area contributed by atoms with Gasteiger partial charge >= 0.3 is 0 Å². The highest BCUT2D eigenvalue weighted by atomic mass is 16.5. The van der Waals surface area contributed by atoms with E-state index in [1.54, 1.807) is 7.11 Å². The van der Waals surface area contributed by atoms with E-state index < -0.39 is 0 Å². The van der Waals surface area contributed by atoms with Crippen molar-refractivity contribution in [3.05, 3.63) is 47.5 Å². The number of methoxy groups -OCH3 is 1. The van der Waals surface area contributed by atoms with Crippen LogP contribution < -0.4 is 10.5 Å². The summed E-state index contributed by atoms with van der Waals surface area (Å²) in [5.74, 6) is 1.93. The first-order chi connectivity index (χ1) is 9.17. The van der Waals surface area contributed by atoms with Gasteiger partial charge in [0.05, 0.1) is 19.0 Å². The van der Waals surface area contributed by atoms with Crippen LogP contribution in [0, 0.1) is 0 Å². The van der Waals surface area contributed by atoms with Crippen LogP contribution >= 0.6 is 0 Å². The number of nitrogens with zero attached hydrogens (tertiary/aromatic N) is 2. The largest absolute Gasteiger partial charge is 0.496 e. The molecule has 0 amide bonds. The molecule has 4 heteroatoms. The van der Waals surface area contributed by atoms with Crippen LogP contribution in [0.5, 0.6) is 5.75 Å². The zero-order valence-corrected chi connectivity index (χ0v) is 11.8. The zero-order chi connectivity index (χ0) is 13.8. The van der Waals surface area contributed by atoms with Gasteiger partial charge in [-0.25, -0.2) is 4.98 Å². The van der Waals surface area contributed by atoms with E-state index in [2.05, 4.69) is 22.5 Å². The minimum Gasteiger partial charge on any atom is -0.496 e. The number of ether oxygens (including phenoxy) is 1. The molecular formula is C15H21N3O. The van der Waals surface area contributed by atoms with Crippen LogP contribution in [0.15, 0.2) is 30.5 Å². The topological polar surface area (TPSA) is 53.1 Å². The summed E-state index contributed by atoms with van der Waals surface area (Å²) >= 11 is 0. The van der Waals surface area contributed by atoms with E-state index in [0.29, 0.717) is 0 Å². The Kier molecular flexibility index (Phi) is 4.22. The van der Waals surface area contributed by atoms with Crippen molar-refractivity contribution in [3.8, 4) is 5.75 Å². The van der Waals surface area contributed by atoms with Gasteiger partial charge in [-0.2, -0.15) is 0 Å². The van der Waals surface area contributed by atoms with E-state index in [4.69, 9.17) is 10.5 Å². The molecule has 0 saturated carbocycles. The van der Waals surface area contributed by atoms with Gasteiger partial charge in [0.25, 0.3) is 0 Å². The number of rotatable bonds is 5. The van der Waals surface area contributed by atoms with Crippen molar-refractivity contribution in [2.45, 2.75) is 32.9 Å². The lowest BCUT2D eigenvalue weighted by molar-refractivity contribution is 0.410. The molecule has 1 unspecified atom stereocenters. The van der Waals surface area contributed by atoms with Gasteiger partial charge in [0.15, 0.2) is 0 Å². The number of para-hydroxylation sites is 1. The van der Waals surface area contributed by atoms with Crippen LogP contribution in [0.3, 0.4) is 0 Å². The quantitative estimate of drug-likeness (QED) is 0.897. The van der Waals surface area contributed by atoms with Gasteiger partial charge in [-0.15, -0.1) is 0 Å². The molecule has 2 aromatic rings. The van der Waals surface area contributed by atoms with Crippen molar-refractivity contribution < 1.29 is 4.74 Å². The Hall–Kier alpha value is -1.81. The number of benzene rings is 1. The van der Waals surface area contributed by atoms with E-state index >= 15 is 0 Å². The summed E-state index contributed by atoms with van der Waals surface area (Å²) in [6.45, 7) is 4.97. The average Bonchev–Trinajstić information content (AvgIpc) is 2.82. The highest BCUT2D eigenvalue weighted by Gasteiger charge is 2.13. The Morgan fingerprint density at radius 2 is 2.11 bits per heavy atom. The van der Waals surface area contributed by atoms with Crippen LogP contribution in [0.2, 0.25) is 0 Å². The lowest BCUT2D eigenvalue weighted by atomic mass is 10.1. The normalized spacial score (nSPS) is 12.4. The molecule has 1 aromatic heterocycles. The summed E-state index contributed by atoms with van der Waals surface area (Å²) in [5.41, 5.74) is 8.18. The molecule has 0 bridgehead atoms. The van der Waals surface area contributed by atoms with Crippen molar-refractivity contribution >= 4 is 0 Å². The second-order valence-corrected chi connectivity index (χ2v) is 4.62. The van der Waals surface area contributed by atoms with Gasteiger partial charge in [0.2, 0.25) is 0 Å². The van der Waals surface area contributed by atoms with E-state index in [1.807, 2.05) is 31.3 Å². The first-order valence-corrected chi connectivity index (χ1v) is 6.59. The highest BCUT2D eigenvalue weighted by Crippen LogP contribution is 2.22. The van der Waals surface area contributed by atoms with Gasteiger partial charge in [-0.05, 0) is 19.9 Å². The predicted molar refractivity (Wildman–Crippen MR) is 76.3 cm³/mol. The summed E-state index contributed by atoms with van der Waals surface area (Å²) in [5, 5.41) is 0. The van der Waals surface area contributed by atoms with E-state index in [0.717, 1.165) is 35.8 Å². The third kappa shape index (κ3) is 2.79. The fourth-order valence-electron chi connectivity index (χ4n) is 2.32. The molecule has 4 nitrogen and oxygen atoms in total. The maximum absolute atomic E-state index is 5.97. The molecule has 2 rings (SSSR count). The summed E-state index contributed by atoms with van der Waals surface area (Å²) in [4.78, 5) is 4.51. The molecule has 0 radical (unpaired) electrons. The lowest BCUT2D eigenvalue weighted by Crippen LogP contribution is -2.13. The fourth-order valence-corrected chi connectivity index (χ4v) is 2.32. The second-order valence-electron chi connectivity index (χ2n) is 4.62. The van der Waals surface area contributed by atoms with Crippen molar-refractivity contribution in [1.82, 2.24) is 9.55 Å². The Morgan fingerprint density at radius 3 is 2.74 bits per heavy atom. The number of hydrogen-bond donors (Lipinski definition) is 1. The summed E-state index contributed by atoms with van der Waals surface area (Å²) in [6, 6.07) is 8.03. The molecule has 0 saturated heterocycles. The number of imidazole rings is 1. The molecule has 0 fully saturated rings. The average molecular weight is 259 g/mol. The molecule has 1 heterocycles. The Labute approximate surface area is 114 Å². The number of nitrogens with two attached hydrogens (primary N) is 1. The van der Waals surface area contributed by atoms with Crippen LogP contribution in [0.1, 0.15) is 37.0 Å². The van der Waals surface area contributed by atoms with Crippen LogP contribution in [-0.4, -0.2) is 16.7 Å². The molecule has 2 N–H and O–H groups in total. The molecule has 1 aromatic carbocycles. The Morgan fingerprint density at radius 1 is 1.37 bits per heavy atom. The monoisotopic (exact) mass is 259 g/mol. The second kappa shape index (κ2) is 5.89. The molecular weight excluding hydrogens is 238 g/mol. The van der Waals surface area contributed by atoms with Crippen molar-refractivity contribution in [2.75, 3.05) is 7.11 Å². The van der Waals surface area contributed by atoms with Crippen molar-refractivity contribution in [1.29, 1.82) is 0 Å². The molecule has 102 valence electrons. The van der Waals surface area contributed by atoms with E-state index in [9.17, 15) is 0 Å². The van der Waals surface area contributed by atoms with Crippen molar-refractivity contribution in [2.24, 2.45) is 5.73 Å². The number of aromatic nitrogens is 2. The zero-order valence-electron chi connectivity index (χ0n) is 11.8. The third-order valence-electron chi connectivity index (χ3n) is 3.29. The maximum Gasteiger partial charge on any atom is 0.122 e. The first-order valence-electron chi connectivity index (χ1n) is 6.59. The van der Waals surface area contributed by atoms with Gasteiger partial charge in [-0.1, -0.05) is 18.2 Å². The molecule has 0 aliphatic carbocycles. The smallest absolute Gasteiger partial charge is 0.122 e. The standard InChI is InChI=1S/C15H21N3O/c1-4-18-13(11(2)16)10-17-15(18)9-12-7-5-6-8-14(12)19-3/h5-8,10-11H,4,9,16H2,1-3H3. The van der Waals surface area contributed by atoms with Gasteiger partial charge in [0, 0.05) is 24.6 Å². The highest BCUT2D eigenvalue weighted by molar-refractivity contribution is 5.35. The fraction of sp³-hybridized carbons (Fsp3) is 0.400. The van der Waals surface area contributed by atoms with E-state index in [1.165, 1.54) is 0 Å². The molecule has 0 aliphatic heterocycles. The molecule has 0 spiro atoms. The van der Waals surface area contributed by atoms with Gasteiger partial charge < -0.3 is 15.0 Å². The molecule has 19 heavy (non-hydrogen) atoms. The minimum atomic E-state index is -0.00105. The number of hydrogen-bond acceptors (Lipinski definition) is 3. The maximum atomic E-state index is 5.97. The van der Waals surface area contributed by atoms with Crippen LogP contribution in [0.25, 0.3) is 0 Å². The third-order valence-corrected chi connectivity index (χ3v) is 3.29. The van der Waals surface area contributed by atoms with E-state index in [-0.39, 0.29) is 6.04 Å².